The van der Waals surface area contributed by atoms with Gasteiger partial charge >= 0.3 is 6.09 Å². The van der Waals surface area contributed by atoms with Gasteiger partial charge in [-0.25, -0.2) is 13.2 Å². The van der Waals surface area contributed by atoms with E-state index in [0.29, 0.717) is 5.75 Å². The first-order valence-electron chi connectivity index (χ1n) is 9.18. The Hall–Kier alpha value is -3.67. The zero-order valence-electron chi connectivity index (χ0n) is 18.1. The predicted octanol–water partition coefficient (Wildman–Crippen LogP) is 3.61. The van der Waals surface area contributed by atoms with Crippen LogP contribution in [0.2, 0.25) is 0 Å². The Kier molecular flexibility index (Phi) is 7.09. The summed E-state index contributed by atoms with van der Waals surface area (Å²) >= 11 is 0. The number of amides is 2. The van der Waals surface area contributed by atoms with Gasteiger partial charge in [0.05, 0.1) is 22.6 Å². The van der Waals surface area contributed by atoms with Crippen molar-refractivity contribution in [2.75, 3.05) is 24.0 Å². The molecule has 12 heteroatoms. The van der Waals surface area contributed by atoms with Crippen molar-refractivity contribution in [2.24, 2.45) is 0 Å². The van der Waals surface area contributed by atoms with E-state index in [4.69, 9.17) is 9.47 Å². The van der Waals surface area contributed by atoms with E-state index in [2.05, 4.69) is 10.6 Å². The van der Waals surface area contributed by atoms with Crippen LogP contribution in [0, 0.1) is 10.1 Å². The van der Waals surface area contributed by atoms with Crippen LogP contribution in [0.1, 0.15) is 31.1 Å². The number of anilines is 2. The van der Waals surface area contributed by atoms with Gasteiger partial charge in [-0.15, -0.1) is 0 Å². The number of non-ortho nitro benzene ring substituents is 1. The first kappa shape index (κ1) is 24.6. The topological polar surface area (TPSA) is 154 Å². The highest BCUT2D eigenvalue weighted by atomic mass is 32.2. The Bertz CT molecular complexity index is 1170. The van der Waals surface area contributed by atoms with E-state index in [-0.39, 0.29) is 21.8 Å². The summed E-state index contributed by atoms with van der Waals surface area (Å²) in [5, 5.41) is 16.2. The fourth-order valence-electron chi connectivity index (χ4n) is 2.53. The van der Waals surface area contributed by atoms with Crippen molar-refractivity contribution in [3.8, 4) is 5.75 Å². The van der Waals surface area contributed by atoms with Gasteiger partial charge in [-0.2, -0.15) is 0 Å². The number of nitrogens with one attached hydrogen (secondary N) is 2. The molecule has 0 spiro atoms. The Labute approximate surface area is 184 Å². The van der Waals surface area contributed by atoms with Gasteiger partial charge in [0.25, 0.3) is 11.6 Å². The molecule has 0 unspecified atom stereocenters. The predicted molar refractivity (Wildman–Crippen MR) is 117 cm³/mol. The summed E-state index contributed by atoms with van der Waals surface area (Å²) < 4.78 is 34.1. The summed E-state index contributed by atoms with van der Waals surface area (Å²) in [6.45, 7) is 5.10. The quantitative estimate of drug-likeness (QED) is 0.484. The van der Waals surface area contributed by atoms with Crippen LogP contribution in [0.3, 0.4) is 0 Å². The lowest BCUT2D eigenvalue weighted by molar-refractivity contribution is -0.385. The van der Waals surface area contributed by atoms with Crippen molar-refractivity contribution >= 4 is 38.9 Å². The third-order valence-corrected chi connectivity index (χ3v) is 4.98. The van der Waals surface area contributed by atoms with Gasteiger partial charge < -0.3 is 14.8 Å². The number of benzene rings is 2. The molecule has 2 amide bonds. The minimum absolute atomic E-state index is 0.204. The lowest BCUT2D eigenvalue weighted by Gasteiger charge is -2.20. The molecule has 2 N–H and O–H groups in total. The molecule has 0 aliphatic heterocycles. The lowest BCUT2D eigenvalue weighted by atomic mass is 10.1. The van der Waals surface area contributed by atoms with E-state index < -0.39 is 38.0 Å². The average molecular weight is 465 g/mol. The summed E-state index contributed by atoms with van der Waals surface area (Å²) in [6.07, 6.45) is 0.141. The molecule has 0 radical (unpaired) electrons. The molecule has 0 heterocycles. The van der Waals surface area contributed by atoms with Gasteiger partial charge in [-0.3, -0.25) is 20.2 Å². The normalized spacial score (nSPS) is 11.4. The maximum atomic E-state index is 12.7. The number of methoxy groups -OCH3 is 1. The zero-order valence-corrected chi connectivity index (χ0v) is 18.9. The van der Waals surface area contributed by atoms with E-state index in [9.17, 15) is 28.1 Å². The van der Waals surface area contributed by atoms with Gasteiger partial charge in [-0.05, 0) is 45.0 Å². The number of hydrogen-bond donors (Lipinski definition) is 2. The number of nitrogens with zero attached hydrogens (tertiary/aromatic N) is 1. The minimum atomic E-state index is -3.79. The molecule has 2 rings (SSSR count). The van der Waals surface area contributed by atoms with E-state index >= 15 is 0 Å². The van der Waals surface area contributed by atoms with Gasteiger partial charge in [0.2, 0.25) is 0 Å². The van der Waals surface area contributed by atoms with Crippen LogP contribution in [-0.2, 0) is 14.6 Å². The van der Waals surface area contributed by atoms with Gasteiger partial charge in [0.15, 0.2) is 9.84 Å². The first-order chi connectivity index (χ1) is 14.7. The van der Waals surface area contributed by atoms with Crippen molar-refractivity contribution in [3.63, 3.8) is 0 Å². The molecule has 2 aromatic carbocycles. The van der Waals surface area contributed by atoms with Crippen molar-refractivity contribution in [3.05, 3.63) is 52.1 Å². The number of carbonyl (C=O) groups excluding carboxylic acids is 2. The number of nitro benzene ring substituents is 1. The highest BCUT2D eigenvalue weighted by molar-refractivity contribution is 7.90. The van der Waals surface area contributed by atoms with Crippen LogP contribution in [0.25, 0.3) is 0 Å². The Morgan fingerprint density at radius 2 is 1.72 bits per heavy atom. The zero-order chi connectivity index (χ0) is 24.3. The van der Waals surface area contributed by atoms with Crippen molar-refractivity contribution in [1.82, 2.24) is 0 Å². The number of carbonyl (C=O) groups is 2. The molecule has 0 saturated carbocycles. The summed E-state index contributed by atoms with van der Waals surface area (Å²) in [6, 6.07) is 7.25. The standard InChI is InChI=1S/C20H23N3O8S/c1-20(2,3)31-19(25)22-16-10-13(6-7-17(16)30-4)21-18(24)12-8-14(23(26)27)11-15(9-12)32(5,28)29/h6-11H,1-5H3,(H,21,24)(H,22,25). The van der Waals surface area contributed by atoms with Gasteiger partial charge in [0.1, 0.15) is 11.4 Å². The van der Waals surface area contributed by atoms with Crippen LogP contribution in [0.4, 0.5) is 21.9 Å². The molecule has 0 bridgehead atoms. The highest BCUT2D eigenvalue weighted by Gasteiger charge is 2.21. The van der Waals surface area contributed by atoms with Crippen LogP contribution < -0.4 is 15.4 Å². The summed E-state index contributed by atoms with van der Waals surface area (Å²) in [5.41, 5.74) is -1.08. The van der Waals surface area contributed by atoms with Crippen LogP contribution >= 0.6 is 0 Å². The summed E-state index contributed by atoms with van der Waals surface area (Å²) in [5.74, 6) is -0.490. The lowest BCUT2D eigenvalue weighted by Crippen LogP contribution is -2.27. The average Bonchev–Trinajstić information content (AvgIpc) is 2.65. The molecule has 2 aromatic rings. The molecule has 0 saturated heterocycles. The smallest absolute Gasteiger partial charge is 0.412 e. The van der Waals surface area contributed by atoms with E-state index in [1.807, 2.05) is 0 Å². The maximum absolute atomic E-state index is 12.7. The number of hydrogen-bond acceptors (Lipinski definition) is 8. The molecular weight excluding hydrogens is 442 g/mol. The van der Waals surface area contributed by atoms with Gasteiger partial charge in [-0.1, -0.05) is 0 Å². The van der Waals surface area contributed by atoms with E-state index in [1.165, 1.54) is 25.3 Å². The van der Waals surface area contributed by atoms with Crippen LogP contribution in [0.15, 0.2) is 41.3 Å². The fraction of sp³-hybridized carbons (Fsp3) is 0.300. The van der Waals surface area contributed by atoms with E-state index in [0.717, 1.165) is 24.5 Å². The van der Waals surface area contributed by atoms with Crippen LogP contribution in [0.5, 0.6) is 5.75 Å². The Morgan fingerprint density at radius 1 is 1.06 bits per heavy atom. The number of nitro groups is 1. The molecule has 0 aromatic heterocycles. The third-order valence-electron chi connectivity index (χ3n) is 3.89. The van der Waals surface area contributed by atoms with Crippen molar-refractivity contribution < 1.29 is 32.4 Å². The minimum Gasteiger partial charge on any atom is -0.495 e. The van der Waals surface area contributed by atoms with Crippen LogP contribution in [-0.4, -0.2) is 44.3 Å². The monoisotopic (exact) mass is 465 g/mol. The van der Waals surface area contributed by atoms with Crippen molar-refractivity contribution in [1.29, 1.82) is 0 Å². The fourth-order valence-corrected chi connectivity index (χ4v) is 3.21. The number of sulfone groups is 1. The molecule has 11 nitrogen and oxygen atoms in total. The number of ether oxygens (including phenoxy) is 2. The Balaban J connectivity index is 2.35. The third kappa shape index (κ3) is 6.67. The summed E-state index contributed by atoms with van der Waals surface area (Å²) in [7, 11) is -2.40. The second-order valence-corrected chi connectivity index (χ2v) is 9.76. The number of rotatable bonds is 6. The Morgan fingerprint density at radius 3 is 2.25 bits per heavy atom. The SMILES string of the molecule is COc1ccc(NC(=O)c2cc([N+](=O)[O-])cc(S(C)(=O)=O)c2)cc1NC(=O)OC(C)(C)C. The second kappa shape index (κ2) is 9.22. The molecule has 0 aliphatic rings. The molecule has 172 valence electrons. The van der Waals surface area contributed by atoms with Gasteiger partial charge in [0, 0.05) is 29.6 Å². The maximum Gasteiger partial charge on any atom is 0.412 e. The molecule has 0 aliphatic carbocycles. The molecular formula is C20H23N3O8S. The largest absolute Gasteiger partial charge is 0.495 e. The summed E-state index contributed by atoms with van der Waals surface area (Å²) in [4.78, 5) is 34.7. The molecule has 0 atom stereocenters. The first-order valence-corrected chi connectivity index (χ1v) is 11.1. The highest BCUT2D eigenvalue weighted by Crippen LogP contribution is 2.29. The molecule has 32 heavy (non-hydrogen) atoms. The van der Waals surface area contributed by atoms with E-state index in [1.54, 1.807) is 20.8 Å². The second-order valence-electron chi connectivity index (χ2n) is 7.74. The molecule has 0 fully saturated rings. The van der Waals surface area contributed by atoms with Crippen molar-refractivity contribution in [2.45, 2.75) is 31.3 Å².